The normalized spacial score (nSPS) is 13.1. The highest BCUT2D eigenvalue weighted by atomic mass is 35.5. The van der Waals surface area contributed by atoms with Crippen LogP contribution >= 0.6 is 22.9 Å². The van der Waals surface area contributed by atoms with Crippen LogP contribution in [0.5, 0.6) is 0 Å². The van der Waals surface area contributed by atoms with E-state index in [1.807, 2.05) is 6.92 Å². The lowest BCUT2D eigenvalue weighted by Crippen LogP contribution is -2.27. The highest BCUT2D eigenvalue weighted by Crippen LogP contribution is 2.39. The van der Waals surface area contributed by atoms with Crippen LogP contribution in [0.1, 0.15) is 58.0 Å². The molecule has 0 atom stereocenters. The number of ether oxygens (including phenoxy) is 1. The van der Waals surface area contributed by atoms with Crippen molar-refractivity contribution in [2.45, 2.75) is 44.7 Å². The number of nitrogens with zero attached hydrogens (tertiary/aromatic N) is 2. The summed E-state index contributed by atoms with van der Waals surface area (Å²) in [7, 11) is -3.71. The van der Waals surface area contributed by atoms with Crippen LogP contribution in [-0.4, -0.2) is 55.7 Å². The van der Waals surface area contributed by atoms with Crippen molar-refractivity contribution in [3.8, 4) is 0 Å². The number of carbonyl (C=O) groups is 2. The van der Waals surface area contributed by atoms with E-state index in [4.69, 9.17) is 16.3 Å². The van der Waals surface area contributed by atoms with Gasteiger partial charge in [0.05, 0.1) is 22.5 Å². The Kier molecular flexibility index (Phi) is 8.21. The Morgan fingerprint density at radius 2 is 2.03 bits per heavy atom. The van der Waals surface area contributed by atoms with E-state index in [1.54, 1.807) is 0 Å². The molecule has 2 aromatic rings. The maximum Gasteiger partial charge on any atom is 0.276 e. The number of halogens is 1. The minimum atomic E-state index is -3.71. The fourth-order valence-corrected chi connectivity index (χ4v) is 5.45. The number of thiophene rings is 1. The molecule has 0 saturated heterocycles. The molecule has 2 aromatic heterocycles. The first kappa shape index (κ1) is 24.6. The molecule has 2 heterocycles. The molecule has 2 N–H and O–H groups in total. The van der Waals surface area contributed by atoms with Gasteiger partial charge in [-0.15, -0.1) is 11.3 Å². The van der Waals surface area contributed by atoms with Gasteiger partial charge in [0.25, 0.3) is 11.8 Å². The number of aryl methyl sites for hydroxylation is 1. The van der Waals surface area contributed by atoms with Crippen molar-refractivity contribution in [2.24, 2.45) is 0 Å². The van der Waals surface area contributed by atoms with E-state index < -0.39 is 20.9 Å². The lowest BCUT2D eigenvalue weighted by atomic mass is 10.1. The van der Waals surface area contributed by atoms with Gasteiger partial charge in [0, 0.05) is 24.6 Å². The van der Waals surface area contributed by atoms with E-state index >= 15 is 0 Å². The van der Waals surface area contributed by atoms with Gasteiger partial charge in [-0.1, -0.05) is 18.5 Å². The number of fused-ring (bicyclic) bond motifs is 1. The zero-order valence-electron chi connectivity index (χ0n) is 17.9. The van der Waals surface area contributed by atoms with Crippen molar-refractivity contribution in [3.05, 3.63) is 32.9 Å². The summed E-state index contributed by atoms with van der Waals surface area (Å²) in [5, 5.41) is 5.45. The molecule has 32 heavy (non-hydrogen) atoms. The summed E-state index contributed by atoms with van der Waals surface area (Å²) in [6.07, 6.45) is 4.32. The van der Waals surface area contributed by atoms with Crippen molar-refractivity contribution >= 4 is 49.6 Å². The van der Waals surface area contributed by atoms with Crippen molar-refractivity contribution in [2.75, 3.05) is 30.8 Å². The van der Waals surface area contributed by atoms with Crippen LogP contribution in [0.3, 0.4) is 0 Å². The van der Waals surface area contributed by atoms with E-state index in [9.17, 15) is 18.0 Å². The molecule has 0 fully saturated rings. The molecule has 0 saturated carbocycles. The second-order valence-electron chi connectivity index (χ2n) is 7.07. The molecule has 0 aliphatic heterocycles. The summed E-state index contributed by atoms with van der Waals surface area (Å²) in [5.41, 5.74) is 1.12. The second-order valence-corrected chi connectivity index (χ2v) is 10.8. The van der Waals surface area contributed by atoms with Gasteiger partial charge in [-0.3, -0.25) is 9.59 Å². The highest BCUT2D eigenvalue weighted by Gasteiger charge is 2.29. The van der Waals surface area contributed by atoms with E-state index in [0.717, 1.165) is 35.9 Å². The first-order valence-corrected chi connectivity index (χ1v) is 13.2. The fourth-order valence-electron chi connectivity index (χ4n) is 3.29. The monoisotopic (exact) mass is 500 g/mol. The summed E-state index contributed by atoms with van der Waals surface area (Å²) in [4.78, 5) is 34.5. The van der Waals surface area contributed by atoms with Crippen LogP contribution in [0.2, 0.25) is 5.02 Å². The molecule has 12 heteroatoms. The maximum atomic E-state index is 12.9. The summed E-state index contributed by atoms with van der Waals surface area (Å²) >= 11 is 7.41. The first-order chi connectivity index (χ1) is 15.3. The van der Waals surface area contributed by atoms with E-state index in [1.165, 1.54) is 18.3 Å². The molecule has 9 nitrogen and oxygen atoms in total. The van der Waals surface area contributed by atoms with Crippen molar-refractivity contribution in [1.82, 2.24) is 15.3 Å². The van der Waals surface area contributed by atoms with Gasteiger partial charge in [-0.25, -0.2) is 18.4 Å². The molecular formula is C20H25ClN4O5S2. The zero-order valence-corrected chi connectivity index (χ0v) is 20.3. The van der Waals surface area contributed by atoms with Crippen LogP contribution in [0.4, 0.5) is 5.00 Å². The molecule has 0 unspecified atom stereocenters. The van der Waals surface area contributed by atoms with E-state index in [-0.39, 0.29) is 22.4 Å². The predicted octanol–water partition coefficient (Wildman–Crippen LogP) is 2.88. The molecule has 0 spiro atoms. The van der Waals surface area contributed by atoms with E-state index in [0.29, 0.717) is 36.7 Å². The first-order valence-electron chi connectivity index (χ1n) is 10.4. The lowest BCUT2D eigenvalue weighted by Gasteiger charge is -2.10. The van der Waals surface area contributed by atoms with E-state index in [2.05, 4.69) is 20.6 Å². The van der Waals surface area contributed by atoms with Crippen LogP contribution < -0.4 is 10.6 Å². The topological polar surface area (TPSA) is 127 Å². The molecule has 1 aliphatic carbocycles. The Morgan fingerprint density at radius 1 is 1.25 bits per heavy atom. The zero-order chi connectivity index (χ0) is 23.3. The number of amides is 2. The van der Waals surface area contributed by atoms with Crippen LogP contribution in [0.15, 0.2) is 11.4 Å². The Labute approximate surface area is 195 Å². The minimum absolute atomic E-state index is 0.0800. The van der Waals surface area contributed by atoms with Gasteiger partial charge in [0.2, 0.25) is 15.0 Å². The summed E-state index contributed by atoms with van der Waals surface area (Å²) in [5.74, 6) is -1.17. The predicted molar refractivity (Wildman–Crippen MR) is 123 cm³/mol. The summed E-state index contributed by atoms with van der Waals surface area (Å²) < 4.78 is 29.5. The summed E-state index contributed by atoms with van der Waals surface area (Å²) in [6, 6.07) is 0. The van der Waals surface area contributed by atoms with Gasteiger partial charge in [-0.2, -0.15) is 0 Å². The number of hydrogen-bond donors (Lipinski definition) is 2. The largest absolute Gasteiger partial charge is 0.382 e. The van der Waals surface area contributed by atoms with Gasteiger partial charge in [0.1, 0.15) is 5.00 Å². The average molecular weight is 501 g/mol. The number of carbonyl (C=O) groups excluding carboxylic acids is 2. The van der Waals surface area contributed by atoms with Gasteiger partial charge in [0.15, 0.2) is 5.69 Å². The molecule has 0 radical (unpaired) electrons. The lowest BCUT2D eigenvalue weighted by molar-refractivity contribution is 0.0944. The third kappa shape index (κ3) is 5.45. The van der Waals surface area contributed by atoms with Crippen LogP contribution in [0, 0.1) is 0 Å². The molecule has 3 rings (SSSR count). The summed E-state index contributed by atoms with van der Waals surface area (Å²) in [6.45, 7) is 4.99. The number of nitrogens with one attached hydrogen (secondary N) is 2. The SMILES string of the molecule is CCOCCCNC(=O)c1c(NC(=O)c2nc(S(=O)(=O)CC)ncc2Cl)sc2c1CCC2. The number of hydrogen-bond acceptors (Lipinski definition) is 8. The van der Waals surface area contributed by atoms with Crippen molar-refractivity contribution in [3.63, 3.8) is 0 Å². The van der Waals surface area contributed by atoms with Gasteiger partial charge < -0.3 is 15.4 Å². The molecule has 0 aromatic carbocycles. The van der Waals surface area contributed by atoms with Gasteiger partial charge >= 0.3 is 0 Å². The number of aromatic nitrogens is 2. The van der Waals surface area contributed by atoms with Gasteiger partial charge in [-0.05, 0) is 38.2 Å². The quantitative estimate of drug-likeness (QED) is 0.379. The Balaban J connectivity index is 1.83. The maximum absolute atomic E-state index is 12.9. The Morgan fingerprint density at radius 3 is 2.75 bits per heavy atom. The number of anilines is 1. The Hall–Kier alpha value is -2.08. The number of sulfone groups is 1. The molecular weight excluding hydrogens is 476 g/mol. The third-order valence-electron chi connectivity index (χ3n) is 4.93. The number of rotatable bonds is 10. The molecule has 174 valence electrons. The Bertz CT molecular complexity index is 1120. The van der Waals surface area contributed by atoms with Crippen LogP contribution in [-0.2, 0) is 27.4 Å². The van der Waals surface area contributed by atoms with Crippen molar-refractivity contribution < 1.29 is 22.7 Å². The average Bonchev–Trinajstić information content (AvgIpc) is 3.34. The third-order valence-corrected chi connectivity index (χ3v) is 7.92. The smallest absolute Gasteiger partial charge is 0.276 e. The molecule has 0 bridgehead atoms. The highest BCUT2D eigenvalue weighted by molar-refractivity contribution is 7.91. The van der Waals surface area contributed by atoms with Crippen LogP contribution in [0.25, 0.3) is 0 Å². The minimum Gasteiger partial charge on any atom is -0.382 e. The second kappa shape index (κ2) is 10.7. The van der Waals surface area contributed by atoms with Crippen molar-refractivity contribution in [1.29, 1.82) is 0 Å². The standard InChI is InChI=1S/C20H25ClN4O5S2/c1-3-30-10-6-9-22-17(26)15-12-7-5-8-14(12)31-19(15)25-18(27)16-13(21)11-23-20(24-16)32(28,29)4-2/h11H,3-10H2,1-2H3,(H,22,26)(H,25,27). The molecule has 1 aliphatic rings. The molecule has 2 amide bonds. The fraction of sp³-hybridized carbons (Fsp3) is 0.500.